The van der Waals surface area contributed by atoms with Crippen LogP contribution < -0.4 is 0 Å². The van der Waals surface area contributed by atoms with Gasteiger partial charge in [0.1, 0.15) is 17.4 Å². The molecule has 0 aliphatic carbocycles. The van der Waals surface area contributed by atoms with Gasteiger partial charge in [-0.15, -0.1) is 7.05 Å². The molecule has 0 aliphatic heterocycles. The van der Waals surface area contributed by atoms with Crippen LogP contribution in [0.5, 0.6) is 0 Å². The normalized spacial score (nSPS) is 11.8. The van der Waals surface area contributed by atoms with E-state index in [1.807, 2.05) is 111 Å². The third-order valence-electron chi connectivity index (χ3n) is 6.90. The molecule has 2 radical (unpaired) electrons. The van der Waals surface area contributed by atoms with E-state index < -0.39 is 0 Å². The molecular formula is C42H88N6O4Rh2-2. The molecule has 0 heterocycles. The molecule has 54 heavy (non-hydrogen) atoms. The van der Waals surface area contributed by atoms with Crippen molar-refractivity contribution in [3.05, 3.63) is 10.6 Å². The summed E-state index contributed by atoms with van der Waals surface area (Å²) in [7, 11) is 14.4. The number of rotatable bonds is 3. The van der Waals surface area contributed by atoms with Gasteiger partial charge in [-0.05, 0) is 31.1 Å². The number of likely N-dealkylation sites (N-methyl/N-ethyl adjacent to an activating group) is 1. The zero-order valence-electron chi connectivity index (χ0n) is 40.4. The molecule has 0 bridgehead atoms. The number of hydrogen-bond donors (Lipinski definition) is 0. The van der Waals surface area contributed by atoms with Crippen molar-refractivity contribution in [2.45, 2.75) is 145 Å². The fourth-order valence-corrected chi connectivity index (χ4v) is 3.13. The van der Waals surface area contributed by atoms with Crippen molar-refractivity contribution >= 4 is 34.9 Å². The van der Waals surface area contributed by atoms with E-state index in [2.05, 4.69) is 74.0 Å². The second-order valence-electron chi connectivity index (χ2n) is 19.5. The van der Waals surface area contributed by atoms with Gasteiger partial charge < -0.3 is 30.0 Å². The van der Waals surface area contributed by atoms with E-state index in [-0.39, 0.29) is 94.8 Å². The number of ketones is 2. The van der Waals surface area contributed by atoms with Gasteiger partial charge in [0.05, 0.1) is 5.91 Å². The summed E-state index contributed by atoms with van der Waals surface area (Å²) in [5, 5.41) is 7.29. The molecule has 10 nitrogen and oxygen atoms in total. The number of carbonyl (C=O) groups excluding carboxylic acids is 4. The number of amides is 2. The average Bonchev–Trinajstić information content (AvgIpc) is 2.90. The van der Waals surface area contributed by atoms with E-state index in [1.165, 1.54) is 12.8 Å². The monoisotopic (exact) mass is 946 g/mol. The molecule has 2 amide bonds. The van der Waals surface area contributed by atoms with Crippen LogP contribution in [-0.2, 0) is 58.1 Å². The summed E-state index contributed by atoms with van der Waals surface area (Å²) < 4.78 is 0. The van der Waals surface area contributed by atoms with Crippen molar-refractivity contribution in [3.8, 4) is 0 Å². The number of carbonyl (C=O) groups is 4. The molecule has 0 rings (SSSR count). The van der Waals surface area contributed by atoms with Crippen molar-refractivity contribution in [2.75, 3.05) is 62.9 Å². The molecule has 0 saturated heterocycles. The zero-order valence-corrected chi connectivity index (χ0v) is 43.7. The van der Waals surface area contributed by atoms with Crippen LogP contribution in [0.1, 0.15) is 145 Å². The molecule has 12 heteroatoms. The van der Waals surface area contributed by atoms with Crippen LogP contribution in [0, 0.1) is 32.5 Å². The minimum atomic E-state index is -0.233. The predicted octanol–water partition coefficient (Wildman–Crippen LogP) is 10.0. The van der Waals surface area contributed by atoms with Gasteiger partial charge in [0, 0.05) is 109 Å². The Morgan fingerprint density at radius 3 is 0.926 bits per heavy atom. The maximum Gasteiger partial charge on any atom is 0.227 e. The molecule has 0 aliphatic rings. The Hall–Kier alpha value is -1.37. The molecular weight excluding hydrogens is 858 g/mol. The molecule has 0 saturated carbocycles. The second-order valence-corrected chi connectivity index (χ2v) is 19.5. The number of nitrogens with zero attached hydrogens (tertiary/aromatic N) is 6. The zero-order chi connectivity index (χ0) is 43.9. The summed E-state index contributed by atoms with van der Waals surface area (Å²) in [4.78, 5) is 55.1. The van der Waals surface area contributed by atoms with Gasteiger partial charge in [-0.2, -0.15) is 7.05 Å². The summed E-state index contributed by atoms with van der Waals surface area (Å²) in [6.45, 7) is 40.2. The largest absolute Gasteiger partial charge is 0.659 e. The fraction of sp³-hybridized carbons (Fsp3) is 0.857. The van der Waals surface area contributed by atoms with Crippen molar-refractivity contribution in [2.24, 2.45) is 42.5 Å². The number of hydrogen-bond acceptors (Lipinski definition) is 6. The molecule has 0 aromatic heterocycles. The van der Waals surface area contributed by atoms with E-state index in [4.69, 9.17) is 0 Å². The van der Waals surface area contributed by atoms with Gasteiger partial charge in [0.15, 0.2) is 0 Å². The SMILES string of the molecule is CC(=O)C(C)(C)C.CN(C)C(=O)C(C)(C)C.CN=C(C)C(C)(C)C.CN=C(N(C)C)C(C)(C)C.C[N-]C(=O)CC(C)(C)C.C[N-]CC(=O)C(C)(C)C.[Rh].[Rh]. The Kier molecular flexibility index (Phi) is 41.3. The van der Waals surface area contributed by atoms with Gasteiger partial charge >= 0.3 is 0 Å². The van der Waals surface area contributed by atoms with Crippen LogP contribution in [0.4, 0.5) is 0 Å². The van der Waals surface area contributed by atoms with Crippen molar-refractivity contribution in [1.29, 1.82) is 0 Å². The van der Waals surface area contributed by atoms with Crippen LogP contribution >= 0.6 is 0 Å². The summed E-state index contributed by atoms with van der Waals surface area (Å²) in [6.07, 6.45) is 0.545. The minimum absolute atomic E-state index is 0. The Bertz CT molecular complexity index is 1080. The van der Waals surface area contributed by atoms with Gasteiger partial charge in [0.2, 0.25) is 5.91 Å². The minimum Gasteiger partial charge on any atom is -0.659 e. The standard InChI is InChI=1S/C8H18N2.C7H15NO.C7H14NO.C7H15NO.C7H15N.C6H12O.2Rh/c1-8(2,3)7(9-4)10(5)6;1-7(2,3)6(9)8(4)5;1-7(2,3)6(9)5-8-4;1-7(2,3)5-6(9)8-4;1-6(8-5)7(2,3)4;1-5(7)6(2,3)4;;/h1-6H3;1-5H3;5H2,1-4H3;5H2,1-4H3,(H,8,9);1-5H3;1-4H3;;/q;;-1;;;;;/p-1. The van der Waals surface area contributed by atoms with Crippen LogP contribution in [0.15, 0.2) is 9.98 Å². The first-order chi connectivity index (χ1) is 22.6. The summed E-state index contributed by atoms with van der Waals surface area (Å²) in [5.74, 6) is 1.73. The molecule has 0 fully saturated rings. The van der Waals surface area contributed by atoms with Crippen molar-refractivity contribution in [3.63, 3.8) is 0 Å². The van der Waals surface area contributed by atoms with Crippen molar-refractivity contribution in [1.82, 2.24) is 9.80 Å². The second kappa shape index (κ2) is 31.7. The molecule has 0 unspecified atom stereocenters. The van der Waals surface area contributed by atoms with E-state index in [0.717, 1.165) is 5.84 Å². The first kappa shape index (κ1) is 70.4. The van der Waals surface area contributed by atoms with Crippen LogP contribution in [0.3, 0.4) is 0 Å². The van der Waals surface area contributed by atoms with Gasteiger partial charge in [-0.3, -0.25) is 19.6 Å². The van der Waals surface area contributed by atoms with Gasteiger partial charge in [-0.1, -0.05) is 131 Å². The molecule has 0 spiro atoms. The summed E-state index contributed by atoms with van der Waals surface area (Å²) >= 11 is 0. The van der Waals surface area contributed by atoms with E-state index in [9.17, 15) is 19.2 Å². The molecule has 0 aromatic carbocycles. The van der Waals surface area contributed by atoms with E-state index in [1.54, 1.807) is 33.0 Å². The average molecular weight is 947 g/mol. The maximum atomic E-state index is 11.1. The van der Waals surface area contributed by atoms with E-state index >= 15 is 0 Å². The van der Waals surface area contributed by atoms with Crippen LogP contribution in [0.2, 0.25) is 0 Å². The molecule has 0 N–H and O–H groups in total. The van der Waals surface area contributed by atoms with E-state index in [0.29, 0.717) is 13.0 Å². The van der Waals surface area contributed by atoms with Crippen molar-refractivity contribution < 1.29 is 58.1 Å². The summed E-state index contributed by atoms with van der Waals surface area (Å²) in [5.41, 5.74) is 1.12. The summed E-state index contributed by atoms with van der Waals surface area (Å²) in [6, 6.07) is 0. The Labute approximate surface area is 362 Å². The quantitative estimate of drug-likeness (QED) is 0.158. The van der Waals surface area contributed by atoms with Crippen LogP contribution in [-0.4, -0.2) is 108 Å². The smallest absolute Gasteiger partial charge is 0.227 e. The number of aliphatic imine (C=N–C) groups is 2. The van der Waals surface area contributed by atoms with Crippen LogP contribution in [0.25, 0.3) is 10.6 Å². The number of amidine groups is 1. The maximum absolute atomic E-state index is 11.1. The first-order valence-corrected chi connectivity index (χ1v) is 18.1. The van der Waals surface area contributed by atoms with Gasteiger partial charge in [0.25, 0.3) is 0 Å². The first-order valence-electron chi connectivity index (χ1n) is 18.1. The molecule has 0 aromatic rings. The third kappa shape index (κ3) is 48.6. The topological polar surface area (TPSA) is 128 Å². The molecule has 330 valence electrons. The Balaban J connectivity index is -0.0000000780. The predicted molar refractivity (Wildman–Crippen MR) is 230 cm³/mol. The Morgan fingerprint density at radius 1 is 0.537 bits per heavy atom. The number of Topliss-reactive ketones (excluding diaryl/α,β-unsaturated/α-hetero) is 2. The Morgan fingerprint density at radius 2 is 0.889 bits per heavy atom. The van der Waals surface area contributed by atoms with Gasteiger partial charge in [-0.25, -0.2) is 0 Å². The molecule has 0 atom stereocenters. The fourth-order valence-electron chi connectivity index (χ4n) is 3.13. The third-order valence-corrected chi connectivity index (χ3v) is 6.90.